The maximum Gasteiger partial charge on any atom is 0.417 e. The highest BCUT2D eigenvalue weighted by Crippen LogP contribution is 2.38. The van der Waals surface area contributed by atoms with Gasteiger partial charge >= 0.3 is 12.1 Å². The fourth-order valence-corrected chi connectivity index (χ4v) is 6.09. The highest BCUT2D eigenvalue weighted by Gasteiger charge is 2.36. The van der Waals surface area contributed by atoms with E-state index in [0.29, 0.717) is 23.9 Å². The lowest BCUT2D eigenvalue weighted by Crippen LogP contribution is -2.39. The van der Waals surface area contributed by atoms with Crippen LogP contribution in [0.25, 0.3) is 11.3 Å². The largest absolute Gasteiger partial charge is 0.481 e. The number of halogens is 3. The molecule has 3 N–H and O–H groups in total. The van der Waals surface area contributed by atoms with E-state index >= 15 is 0 Å². The second-order valence-electron chi connectivity index (χ2n) is 12.3. The number of carbonyl (C=O) groups is 2. The first-order chi connectivity index (χ1) is 18.4. The molecule has 11 heteroatoms. The molecule has 1 unspecified atom stereocenters. The summed E-state index contributed by atoms with van der Waals surface area (Å²) < 4.78 is 60.1. The minimum Gasteiger partial charge on any atom is -0.481 e. The average molecular weight is 584 g/mol. The number of aliphatic carboxylic acids is 1. The number of carboxylic acids is 1. The Kier molecular flexibility index (Phi) is 9.61. The van der Waals surface area contributed by atoms with Gasteiger partial charge in [0.2, 0.25) is 0 Å². The predicted octanol–water partition coefficient (Wildman–Crippen LogP) is 6.31. The third-order valence-electron chi connectivity index (χ3n) is 7.23. The van der Waals surface area contributed by atoms with Gasteiger partial charge in [0.1, 0.15) is 11.0 Å². The van der Waals surface area contributed by atoms with E-state index in [1.165, 1.54) is 26.0 Å². The van der Waals surface area contributed by atoms with Gasteiger partial charge in [-0.3, -0.25) is 9.59 Å². The van der Waals surface area contributed by atoms with Crippen molar-refractivity contribution < 1.29 is 32.1 Å². The van der Waals surface area contributed by atoms with Gasteiger partial charge in [0, 0.05) is 30.0 Å². The summed E-state index contributed by atoms with van der Waals surface area (Å²) in [7, 11) is -2.10. The zero-order chi connectivity index (χ0) is 30.0. The van der Waals surface area contributed by atoms with Gasteiger partial charge in [0.15, 0.2) is 0 Å². The molecule has 1 aromatic heterocycles. The molecular formula is C29H40F3N3O4S. The molecule has 7 nitrogen and oxygen atoms in total. The number of carbonyl (C=O) groups excluding carboxylic acids is 1. The zero-order valence-corrected chi connectivity index (χ0v) is 24.8. The van der Waals surface area contributed by atoms with Crippen molar-refractivity contribution in [2.45, 2.75) is 96.8 Å². The van der Waals surface area contributed by atoms with Crippen molar-refractivity contribution in [1.82, 2.24) is 14.6 Å². The van der Waals surface area contributed by atoms with Gasteiger partial charge in [0.25, 0.3) is 5.91 Å². The molecule has 0 bridgehead atoms. The van der Waals surface area contributed by atoms with Gasteiger partial charge in [-0.05, 0) is 84.1 Å². The van der Waals surface area contributed by atoms with Gasteiger partial charge in [-0.2, -0.15) is 13.2 Å². The van der Waals surface area contributed by atoms with Crippen molar-refractivity contribution in [2.24, 2.45) is 11.3 Å². The lowest BCUT2D eigenvalue weighted by atomic mass is 9.89. The first-order valence-corrected chi connectivity index (χ1v) is 14.7. The Morgan fingerprint density at radius 1 is 1.05 bits per heavy atom. The summed E-state index contributed by atoms with van der Waals surface area (Å²) in [5.41, 5.74) is -1.27. The second kappa shape index (κ2) is 12.1. The molecule has 222 valence electrons. The van der Waals surface area contributed by atoms with Crippen LogP contribution in [0.2, 0.25) is 0 Å². The summed E-state index contributed by atoms with van der Waals surface area (Å²) in [4.78, 5) is 24.3. The summed E-state index contributed by atoms with van der Waals surface area (Å²) in [6.07, 6.45) is 0.552. The van der Waals surface area contributed by atoms with E-state index in [1.807, 2.05) is 4.57 Å². The Hall–Kier alpha value is -2.66. The number of carboxylic acid groups (broad SMARTS) is 1. The lowest BCUT2D eigenvalue weighted by Gasteiger charge is -2.25. The van der Waals surface area contributed by atoms with Crippen LogP contribution in [0, 0.1) is 18.3 Å². The van der Waals surface area contributed by atoms with Crippen molar-refractivity contribution >= 4 is 22.9 Å². The number of aromatic nitrogens is 1. The van der Waals surface area contributed by atoms with Crippen LogP contribution in [0.3, 0.4) is 0 Å². The van der Waals surface area contributed by atoms with Crippen LogP contribution in [0.1, 0.15) is 88.3 Å². The zero-order valence-electron chi connectivity index (χ0n) is 24.0. The molecule has 2 aromatic rings. The van der Waals surface area contributed by atoms with E-state index in [0.717, 1.165) is 38.2 Å². The fourth-order valence-electron chi connectivity index (χ4n) is 4.86. The quantitative estimate of drug-likeness (QED) is 0.322. The van der Waals surface area contributed by atoms with Gasteiger partial charge in [0.05, 0.1) is 21.4 Å². The van der Waals surface area contributed by atoms with Crippen LogP contribution in [0.15, 0.2) is 29.2 Å². The first kappa shape index (κ1) is 31.9. The molecular weight excluding hydrogens is 543 g/mol. The van der Waals surface area contributed by atoms with E-state index in [2.05, 4.69) is 10.0 Å². The Balaban J connectivity index is 2.09. The van der Waals surface area contributed by atoms with Crippen molar-refractivity contribution in [3.63, 3.8) is 0 Å². The topological polar surface area (TPSA) is 100 Å². The maximum absolute atomic E-state index is 14.2. The smallest absolute Gasteiger partial charge is 0.417 e. The molecule has 1 amide bonds. The minimum atomic E-state index is -4.75. The van der Waals surface area contributed by atoms with Crippen LogP contribution in [0.5, 0.6) is 0 Å². The van der Waals surface area contributed by atoms with Crippen molar-refractivity contribution in [2.75, 3.05) is 6.54 Å². The summed E-state index contributed by atoms with van der Waals surface area (Å²) in [5, 5.41) is 12.1. The standard InChI is InChI=1S/C29H40F3N3O4S/c1-18-21(25(36)33-17-28(5,6)26(37)38)15-23(35(18)16-19-10-8-7-9-11-19)20-12-13-24(22(14-20)29(30,31)32)40(39)34-27(2,3)4/h12-15,19,34H,7-11,16-17H2,1-6H3,(H,33,36)(H,37,38). The molecule has 0 aliphatic heterocycles. The average Bonchev–Trinajstić information content (AvgIpc) is 3.17. The van der Waals surface area contributed by atoms with E-state index < -0.39 is 45.6 Å². The molecule has 1 atom stereocenters. The number of hydrogen-bond donors (Lipinski definition) is 3. The number of alkyl halides is 3. The number of hydrogen-bond acceptors (Lipinski definition) is 3. The monoisotopic (exact) mass is 583 g/mol. The molecule has 1 heterocycles. The van der Waals surface area contributed by atoms with Gasteiger partial charge in [-0.1, -0.05) is 25.3 Å². The van der Waals surface area contributed by atoms with Crippen molar-refractivity contribution in [3.8, 4) is 11.3 Å². The van der Waals surface area contributed by atoms with Gasteiger partial charge in [-0.15, -0.1) is 0 Å². The number of nitrogens with one attached hydrogen (secondary N) is 2. The first-order valence-electron chi connectivity index (χ1n) is 13.5. The minimum absolute atomic E-state index is 0.108. The highest BCUT2D eigenvalue weighted by molar-refractivity contribution is 7.83. The normalized spacial score (nSPS) is 16.1. The van der Waals surface area contributed by atoms with Crippen LogP contribution in [0.4, 0.5) is 13.2 Å². The maximum atomic E-state index is 14.2. The SMILES string of the molecule is Cc1c(C(=O)NCC(C)(C)C(=O)O)cc(-c2ccc(S(=O)NC(C)(C)C)c(C(F)(F)F)c2)n1CC1CCCCC1. The van der Waals surface area contributed by atoms with E-state index in [4.69, 9.17) is 0 Å². The molecule has 1 aliphatic carbocycles. The summed E-state index contributed by atoms with van der Waals surface area (Å²) in [5.74, 6) is -1.22. The third-order valence-corrected chi connectivity index (χ3v) is 8.78. The summed E-state index contributed by atoms with van der Waals surface area (Å²) >= 11 is 0. The summed E-state index contributed by atoms with van der Waals surface area (Å²) in [6, 6.07) is 5.31. The lowest BCUT2D eigenvalue weighted by molar-refractivity contribution is -0.146. The molecule has 1 saturated carbocycles. The molecule has 1 aromatic carbocycles. The third kappa shape index (κ3) is 7.75. The van der Waals surface area contributed by atoms with Crippen LogP contribution >= 0.6 is 0 Å². The van der Waals surface area contributed by atoms with Crippen LogP contribution < -0.4 is 10.0 Å². The van der Waals surface area contributed by atoms with Crippen LogP contribution in [-0.4, -0.2) is 37.8 Å². The number of nitrogens with zero attached hydrogens (tertiary/aromatic N) is 1. The van der Waals surface area contributed by atoms with E-state index in [-0.39, 0.29) is 22.6 Å². The number of rotatable bonds is 9. The molecule has 3 rings (SSSR count). The molecule has 0 radical (unpaired) electrons. The number of benzene rings is 1. The van der Waals surface area contributed by atoms with E-state index in [1.54, 1.807) is 33.8 Å². The Morgan fingerprint density at radius 2 is 1.68 bits per heavy atom. The van der Waals surface area contributed by atoms with Crippen molar-refractivity contribution in [1.29, 1.82) is 0 Å². The second-order valence-corrected chi connectivity index (χ2v) is 13.5. The summed E-state index contributed by atoms with van der Waals surface area (Å²) in [6.45, 7) is 10.4. The van der Waals surface area contributed by atoms with E-state index in [9.17, 15) is 32.1 Å². The Morgan fingerprint density at radius 3 is 2.23 bits per heavy atom. The molecule has 1 aliphatic rings. The molecule has 0 saturated heterocycles. The van der Waals surface area contributed by atoms with Crippen LogP contribution in [-0.2, 0) is 28.5 Å². The Bertz CT molecular complexity index is 1270. The number of amides is 1. The molecule has 40 heavy (non-hydrogen) atoms. The van der Waals surface area contributed by atoms with Gasteiger partial charge < -0.3 is 15.0 Å². The van der Waals surface area contributed by atoms with Crippen molar-refractivity contribution in [3.05, 3.63) is 41.1 Å². The fraction of sp³-hybridized carbons (Fsp3) is 0.586. The predicted molar refractivity (Wildman–Crippen MR) is 149 cm³/mol. The van der Waals surface area contributed by atoms with Gasteiger partial charge in [-0.25, -0.2) is 8.93 Å². The highest BCUT2D eigenvalue weighted by atomic mass is 32.2. The Labute approximate surface area is 236 Å². The molecule has 0 spiro atoms. The molecule has 1 fully saturated rings.